The lowest BCUT2D eigenvalue weighted by Gasteiger charge is -2.37. The molecule has 16 heavy (non-hydrogen) atoms. The minimum absolute atomic E-state index is 0.337. The van der Waals surface area contributed by atoms with E-state index >= 15 is 0 Å². The first-order valence-corrected chi connectivity index (χ1v) is 7.11. The number of nitrogens with one attached hydrogen (secondary N) is 1. The number of thiazole rings is 1. The molecule has 2 nitrogen and oxygen atoms in total. The van der Waals surface area contributed by atoms with Gasteiger partial charge in [0.05, 0.1) is 10.7 Å². The van der Waals surface area contributed by atoms with Gasteiger partial charge in [0.15, 0.2) is 0 Å². The molecule has 0 saturated heterocycles. The van der Waals surface area contributed by atoms with Gasteiger partial charge < -0.3 is 5.32 Å². The molecule has 0 atom stereocenters. The van der Waals surface area contributed by atoms with Gasteiger partial charge in [0.25, 0.3) is 0 Å². The van der Waals surface area contributed by atoms with Crippen LogP contribution in [0.15, 0.2) is 5.38 Å². The zero-order valence-corrected chi connectivity index (χ0v) is 11.4. The predicted molar refractivity (Wildman–Crippen MR) is 69.7 cm³/mol. The van der Waals surface area contributed by atoms with Gasteiger partial charge >= 0.3 is 0 Å². The highest BCUT2D eigenvalue weighted by molar-refractivity contribution is 7.09. The third-order valence-electron chi connectivity index (χ3n) is 3.74. The maximum Gasteiger partial charge on any atom is 0.0897 e. The van der Waals surface area contributed by atoms with Gasteiger partial charge in [-0.2, -0.15) is 0 Å². The van der Waals surface area contributed by atoms with Crippen molar-refractivity contribution in [2.75, 3.05) is 0 Å². The predicted octanol–water partition coefficient (Wildman–Crippen LogP) is 3.51. The lowest BCUT2D eigenvalue weighted by Crippen LogP contribution is -2.44. The molecule has 1 heterocycles. The molecule has 0 amide bonds. The van der Waals surface area contributed by atoms with Crippen LogP contribution in [0.1, 0.15) is 50.2 Å². The molecule has 1 aliphatic rings. The highest BCUT2D eigenvalue weighted by Crippen LogP contribution is 2.31. The molecule has 2 rings (SSSR count). The number of hydrogen-bond acceptors (Lipinski definition) is 3. The molecular formula is C13H22N2S. The average molecular weight is 238 g/mol. The van der Waals surface area contributed by atoms with E-state index in [0.717, 1.165) is 12.5 Å². The standard InChI is InChI=1S/C13H22N2S/c1-10-4-6-13(3,7-5-10)14-8-12-9-16-11(2)15-12/h9-10,14H,4-8H2,1-3H3. The molecule has 1 fully saturated rings. The van der Waals surface area contributed by atoms with E-state index in [1.807, 2.05) is 0 Å². The van der Waals surface area contributed by atoms with E-state index in [2.05, 4.69) is 36.5 Å². The molecule has 1 aromatic rings. The van der Waals surface area contributed by atoms with E-state index in [9.17, 15) is 0 Å². The Balaban J connectivity index is 1.85. The van der Waals surface area contributed by atoms with Crippen molar-refractivity contribution >= 4 is 11.3 Å². The molecule has 3 heteroatoms. The van der Waals surface area contributed by atoms with Crippen LogP contribution in [0.4, 0.5) is 0 Å². The summed E-state index contributed by atoms with van der Waals surface area (Å²) in [6, 6.07) is 0. The highest BCUT2D eigenvalue weighted by Gasteiger charge is 2.28. The molecule has 1 saturated carbocycles. The SMILES string of the molecule is Cc1nc(CNC2(C)CCC(C)CC2)cs1. The molecule has 1 aromatic heterocycles. The molecule has 0 bridgehead atoms. The van der Waals surface area contributed by atoms with Gasteiger partial charge in [0.1, 0.15) is 0 Å². The molecule has 0 aliphatic heterocycles. The molecule has 0 unspecified atom stereocenters. The number of hydrogen-bond donors (Lipinski definition) is 1. The van der Waals surface area contributed by atoms with Crippen molar-refractivity contribution in [3.8, 4) is 0 Å². The van der Waals surface area contributed by atoms with Crippen LogP contribution in [0, 0.1) is 12.8 Å². The van der Waals surface area contributed by atoms with Crippen LogP contribution in [-0.4, -0.2) is 10.5 Å². The first-order chi connectivity index (χ1) is 7.57. The average Bonchev–Trinajstić information content (AvgIpc) is 2.67. The van der Waals surface area contributed by atoms with Crippen LogP contribution in [0.3, 0.4) is 0 Å². The molecule has 90 valence electrons. The van der Waals surface area contributed by atoms with Crippen molar-refractivity contribution in [1.29, 1.82) is 0 Å². The monoisotopic (exact) mass is 238 g/mol. The minimum atomic E-state index is 0.337. The molecule has 0 radical (unpaired) electrons. The summed E-state index contributed by atoms with van der Waals surface area (Å²) < 4.78 is 0. The molecule has 1 N–H and O–H groups in total. The first kappa shape index (κ1) is 12.1. The normalized spacial score (nSPS) is 30.6. The van der Waals surface area contributed by atoms with Crippen LogP contribution in [0.25, 0.3) is 0 Å². The maximum atomic E-state index is 4.50. The van der Waals surface area contributed by atoms with Crippen molar-refractivity contribution in [3.63, 3.8) is 0 Å². The molecule has 0 spiro atoms. The van der Waals surface area contributed by atoms with E-state index in [0.29, 0.717) is 5.54 Å². The fraction of sp³-hybridized carbons (Fsp3) is 0.769. The summed E-state index contributed by atoms with van der Waals surface area (Å²) in [5, 5.41) is 7.02. The fourth-order valence-corrected chi connectivity index (χ4v) is 2.98. The van der Waals surface area contributed by atoms with Crippen LogP contribution < -0.4 is 5.32 Å². The van der Waals surface area contributed by atoms with E-state index in [1.165, 1.54) is 36.4 Å². The summed E-state index contributed by atoms with van der Waals surface area (Å²) in [6.45, 7) is 7.72. The summed E-state index contributed by atoms with van der Waals surface area (Å²) in [5.41, 5.74) is 1.53. The lowest BCUT2D eigenvalue weighted by molar-refractivity contribution is 0.212. The van der Waals surface area contributed by atoms with Gasteiger partial charge in [-0.25, -0.2) is 4.98 Å². The first-order valence-electron chi connectivity index (χ1n) is 6.23. The Bertz CT molecular complexity index is 337. The lowest BCUT2D eigenvalue weighted by atomic mass is 9.78. The zero-order valence-electron chi connectivity index (χ0n) is 10.5. The second kappa shape index (κ2) is 4.84. The Morgan fingerprint density at radius 3 is 2.75 bits per heavy atom. The Morgan fingerprint density at radius 1 is 1.50 bits per heavy atom. The van der Waals surface area contributed by atoms with Crippen molar-refractivity contribution in [2.24, 2.45) is 5.92 Å². The smallest absolute Gasteiger partial charge is 0.0897 e. The summed E-state index contributed by atoms with van der Waals surface area (Å²) >= 11 is 1.74. The van der Waals surface area contributed by atoms with Crippen LogP contribution in [0.2, 0.25) is 0 Å². The zero-order chi connectivity index (χ0) is 11.6. The van der Waals surface area contributed by atoms with Crippen molar-refractivity contribution in [3.05, 3.63) is 16.1 Å². The highest BCUT2D eigenvalue weighted by atomic mass is 32.1. The Kier molecular flexibility index (Phi) is 3.65. The third kappa shape index (κ3) is 3.05. The van der Waals surface area contributed by atoms with Gasteiger partial charge in [-0.3, -0.25) is 0 Å². The van der Waals surface area contributed by atoms with Crippen molar-refractivity contribution < 1.29 is 0 Å². The third-order valence-corrected chi connectivity index (χ3v) is 4.56. The van der Waals surface area contributed by atoms with Crippen LogP contribution in [-0.2, 0) is 6.54 Å². The maximum absolute atomic E-state index is 4.50. The summed E-state index contributed by atoms with van der Waals surface area (Å²) in [4.78, 5) is 4.50. The largest absolute Gasteiger partial charge is 0.306 e. The van der Waals surface area contributed by atoms with Crippen LogP contribution >= 0.6 is 11.3 Å². The van der Waals surface area contributed by atoms with E-state index in [-0.39, 0.29) is 0 Å². The quantitative estimate of drug-likeness (QED) is 0.871. The molecular weight excluding hydrogens is 216 g/mol. The van der Waals surface area contributed by atoms with Gasteiger partial charge in [-0.05, 0) is 45.4 Å². The van der Waals surface area contributed by atoms with Crippen LogP contribution in [0.5, 0.6) is 0 Å². The number of nitrogens with zero attached hydrogens (tertiary/aromatic N) is 1. The minimum Gasteiger partial charge on any atom is -0.306 e. The van der Waals surface area contributed by atoms with Gasteiger partial charge in [0.2, 0.25) is 0 Å². The fourth-order valence-electron chi connectivity index (χ4n) is 2.37. The van der Waals surface area contributed by atoms with Crippen molar-refractivity contribution in [1.82, 2.24) is 10.3 Å². The van der Waals surface area contributed by atoms with Gasteiger partial charge in [-0.15, -0.1) is 11.3 Å². The number of rotatable bonds is 3. The number of aryl methyl sites for hydroxylation is 1. The number of aromatic nitrogens is 1. The van der Waals surface area contributed by atoms with Gasteiger partial charge in [0, 0.05) is 17.5 Å². The summed E-state index contributed by atoms with van der Waals surface area (Å²) in [7, 11) is 0. The second-order valence-corrected chi connectivity index (χ2v) is 6.52. The van der Waals surface area contributed by atoms with Gasteiger partial charge in [-0.1, -0.05) is 6.92 Å². The Labute approximate surface area is 102 Å². The van der Waals surface area contributed by atoms with E-state index in [1.54, 1.807) is 11.3 Å². The molecule has 0 aromatic carbocycles. The van der Waals surface area contributed by atoms with E-state index < -0.39 is 0 Å². The Hall–Kier alpha value is -0.410. The van der Waals surface area contributed by atoms with E-state index in [4.69, 9.17) is 0 Å². The molecule has 1 aliphatic carbocycles. The topological polar surface area (TPSA) is 24.9 Å². The van der Waals surface area contributed by atoms with Crippen molar-refractivity contribution in [2.45, 2.75) is 58.5 Å². The second-order valence-electron chi connectivity index (χ2n) is 5.45. The Morgan fingerprint density at radius 2 is 2.19 bits per heavy atom. The summed E-state index contributed by atoms with van der Waals surface area (Å²) in [6.07, 6.45) is 5.33. The summed E-state index contributed by atoms with van der Waals surface area (Å²) in [5.74, 6) is 0.913.